The van der Waals surface area contributed by atoms with Gasteiger partial charge >= 0.3 is 0 Å². The summed E-state index contributed by atoms with van der Waals surface area (Å²) >= 11 is 3.42. The monoisotopic (exact) mass is 348 g/mol. The summed E-state index contributed by atoms with van der Waals surface area (Å²) < 4.78 is 6.51. The highest BCUT2D eigenvalue weighted by molar-refractivity contribution is 9.10. The van der Waals surface area contributed by atoms with E-state index in [1.165, 1.54) is 0 Å². The summed E-state index contributed by atoms with van der Waals surface area (Å²) in [5, 5.41) is 2.95. The van der Waals surface area contributed by atoms with Gasteiger partial charge in [-0.2, -0.15) is 0 Å². The van der Waals surface area contributed by atoms with Crippen LogP contribution in [0.2, 0.25) is 0 Å². The molecule has 1 N–H and O–H groups in total. The predicted molar refractivity (Wildman–Crippen MR) is 82.9 cm³/mol. The zero-order chi connectivity index (χ0) is 15.0. The molecule has 1 aromatic heterocycles. The van der Waals surface area contributed by atoms with Crippen molar-refractivity contribution in [2.75, 3.05) is 0 Å². The highest BCUT2D eigenvalue weighted by atomic mass is 79.9. The normalized spacial score (nSPS) is 15.8. The third kappa shape index (κ3) is 2.75. The standard InChI is InChI=1S/C16H17BrN2O2/c1-10-11(2)21-14(19-10)9-18-15(20)16(7-8-16)12-3-5-13(17)6-4-12/h3-6H,7-9H2,1-2H3,(H,18,20). The number of hydrogen-bond acceptors (Lipinski definition) is 3. The maximum atomic E-state index is 12.5. The Morgan fingerprint density at radius 2 is 2.00 bits per heavy atom. The third-order valence-corrected chi connectivity index (χ3v) is 4.58. The van der Waals surface area contributed by atoms with E-state index >= 15 is 0 Å². The smallest absolute Gasteiger partial charge is 0.231 e. The van der Waals surface area contributed by atoms with Gasteiger partial charge in [0.2, 0.25) is 11.8 Å². The molecule has 1 aliphatic carbocycles. The van der Waals surface area contributed by atoms with Gasteiger partial charge in [-0.05, 0) is 44.4 Å². The summed E-state index contributed by atoms with van der Waals surface area (Å²) in [5.74, 6) is 1.41. The molecule has 1 heterocycles. The van der Waals surface area contributed by atoms with E-state index in [0.717, 1.165) is 34.3 Å². The minimum absolute atomic E-state index is 0.0540. The Kier molecular flexibility index (Phi) is 3.61. The molecule has 2 aromatic rings. The molecule has 0 aliphatic heterocycles. The van der Waals surface area contributed by atoms with Crippen LogP contribution in [0.4, 0.5) is 0 Å². The summed E-state index contributed by atoms with van der Waals surface area (Å²) in [5.41, 5.74) is 1.58. The second-order valence-electron chi connectivity index (χ2n) is 5.52. The number of hydrogen-bond donors (Lipinski definition) is 1. The van der Waals surface area contributed by atoms with E-state index in [9.17, 15) is 4.79 Å². The van der Waals surface area contributed by atoms with Crippen molar-refractivity contribution >= 4 is 21.8 Å². The summed E-state index contributed by atoms with van der Waals surface area (Å²) in [7, 11) is 0. The molecule has 1 saturated carbocycles. The van der Waals surface area contributed by atoms with E-state index in [4.69, 9.17) is 4.42 Å². The van der Waals surface area contributed by atoms with Gasteiger partial charge in [-0.1, -0.05) is 28.1 Å². The fourth-order valence-corrected chi connectivity index (χ4v) is 2.74. The summed E-state index contributed by atoms with van der Waals surface area (Å²) in [4.78, 5) is 16.8. The van der Waals surface area contributed by atoms with Crippen molar-refractivity contribution in [2.45, 2.75) is 38.6 Å². The Morgan fingerprint density at radius 1 is 1.33 bits per heavy atom. The number of rotatable bonds is 4. The zero-order valence-electron chi connectivity index (χ0n) is 12.1. The molecule has 110 valence electrons. The number of benzene rings is 1. The van der Waals surface area contributed by atoms with Gasteiger partial charge in [0.15, 0.2) is 0 Å². The first-order valence-electron chi connectivity index (χ1n) is 6.98. The topological polar surface area (TPSA) is 55.1 Å². The molecule has 21 heavy (non-hydrogen) atoms. The first-order valence-corrected chi connectivity index (χ1v) is 7.78. The van der Waals surface area contributed by atoms with Gasteiger partial charge in [0.25, 0.3) is 0 Å². The summed E-state index contributed by atoms with van der Waals surface area (Å²) in [6.45, 7) is 4.11. The average molecular weight is 349 g/mol. The predicted octanol–water partition coefficient (Wildman–Crippen LogP) is 3.40. The molecule has 5 heteroatoms. The van der Waals surface area contributed by atoms with Crippen molar-refractivity contribution in [3.05, 3.63) is 51.6 Å². The lowest BCUT2D eigenvalue weighted by atomic mass is 9.95. The minimum atomic E-state index is -0.364. The molecule has 1 amide bonds. The highest BCUT2D eigenvalue weighted by Crippen LogP contribution is 2.48. The number of carbonyl (C=O) groups is 1. The Hall–Kier alpha value is -1.62. The second-order valence-corrected chi connectivity index (χ2v) is 6.44. The molecular weight excluding hydrogens is 332 g/mol. The molecule has 0 atom stereocenters. The van der Waals surface area contributed by atoms with E-state index in [0.29, 0.717) is 12.4 Å². The molecule has 4 nitrogen and oxygen atoms in total. The first kappa shape index (κ1) is 14.3. The molecule has 0 saturated heterocycles. The van der Waals surface area contributed by atoms with Crippen LogP contribution in [0, 0.1) is 13.8 Å². The molecule has 1 fully saturated rings. The van der Waals surface area contributed by atoms with E-state index in [2.05, 4.69) is 26.2 Å². The van der Waals surface area contributed by atoms with Gasteiger partial charge in [-0.15, -0.1) is 0 Å². The maximum Gasteiger partial charge on any atom is 0.231 e. The fourth-order valence-electron chi connectivity index (χ4n) is 2.48. The number of nitrogens with zero attached hydrogens (tertiary/aromatic N) is 1. The van der Waals surface area contributed by atoms with Crippen LogP contribution in [0.3, 0.4) is 0 Å². The molecule has 1 aromatic carbocycles. The Morgan fingerprint density at radius 3 is 2.52 bits per heavy atom. The lowest BCUT2D eigenvalue weighted by molar-refractivity contribution is -0.123. The van der Waals surface area contributed by atoms with E-state index in [1.807, 2.05) is 38.1 Å². The van der Waals surface area contributed by atoms with E-state index in [-0.39, 0.29) is 11.3 Å². The fraction of sp³-hybridized carbons (Fsp3) is 0.375. The average Bonchev–Trinajstić information content (AvgIpc) is 3.20. The number of aromatic nitrogens is 1. The Balaban J connectivity index is 1.69. The Labute approximate surface area is 132 Å². The molecule has 0 spiro atoms. The van der Waals surface area contributed by atoms with Crippen molar-refractivity contribution < 1.29 is 9.21 Å². The molecule has 0 radical (unpaired) electrons. The number of halogens is 1. The van der Waals surface area contributed by atoms with Crippen molar-refractivity contribution in [2.24, 2.45) is 0 Å². The first-order chi connectivity index (χ1) is 10.0. The van der Waals surface area contributed by atoms with Gasteiger partial charge < -0.3 is 9.73 Å². The quantitative estimate of drug-likeness (QED) is 0.921. The molecular formula is C16H17BrN2O2. The summed E-state index contributed by atoms with van der Waals surface area (Å²) in [6.07, 6.45) is 1.79. The van der Waals surface area contributed by atoms with E-state index < -0.39 is 0 Å². The number of aryl methyl sites for hydroxylation is 2. The second kappa shape index (κ2) is 5.30. The van der Waals surface area contributed by atoms with Crippen LogP contribution in [0.1, 0.15) is 35.7 Å². The Bertz CT molecular complexity index is 653. The molecule has 0 bridgehead atoms. The SMILES string of the molecule is Cc1nc(CNC(=O)C2(c3ccc(Br)cc3)CC2)oc1C. The molecule has 1 aliphatic rings. The van der Waals surface area contributed by atoms with E-state index in [1.54, 1.807) is 0 Å². The zero-order valence-corrected chi connectivity index (χ0v) is 13.7. The third-order valence-electron chi connectivity index (χ3n) is 4.05. The van der Waals surface area contributed by atoms with Crippen LogP contribution in [0.5, 0.6) is 0 Å². The highest BCUT2D eigenvalue weighted by Gasteiger charge is 2.51. The summed E-state index contributed by atoms with van der Waals surface area (Å²) in [6, 6.07) is 7.97. The van der Waals surface area contributed by atoms with Crippen LogP contribution in [-0.4, -0.2) is 10.9 Å². The lowest BCUT2D eigenvalue weighted by Crippen LogP contribution is -2.34. The van der Waals surface area contributed by atoms with Gasteiger partial charge in [-0.3, -0.25) is 4.79 Å². The number of oxazole rings is 1. The van der Waals surface area contributed by atoms with Crippen LogP contribution in [0.25, 0.3) is 0 Å². The number of carbonyl (C=O) groups excluding carboxylic acids is 1. The molecule has 0 unspecified atom stereocenters. The van der Waals surface area contributed by atoms with Crippen molar-refractivity contribution in [1.82, 2.24) is 10.3 Å². The van der Waals surface area contributed by atoms with Crippen molar-refractivity contribution in [1.29, 1.82) is 0 Å². The van der Waals surface area contributed by atoms with Gasteiger partial charge in [0, 0.05) is 4.47 Å². The van der Waals surface area contributed by atoms with Crippen LogP contribution in [0.15, 0.2) is 33.2 Å². The molecule has 3 rings (SSSR count). The van der Waals surface area contributed by atoms with Gasteiger partial charge in [-0.25, -0.2) is 4.98 Å². The maximum absolute atomic E-state index is 12.5. The minimum Gasteiger partial charge on any atom is -0.444 e. The number of nitrogens with one attached hydrogen (secondary N) is 1. The van der Waals surface area contributed by atoms with Crippen molar-refractivity contribution in [3.63, 3.8) is 0 Å². The number of amides is 1. The van der Waals surface area contributed by atoms with Gasteiger partial charge in [0.1, 0.15) is 5.76 Å². The van der Waals surface area contributed by atoms with Crippen molar-refractivity contribution in [3.8, 4) is 0 Å². The van der Waals surface area contributed by atoms with Crippen LogP contribution < -0.4 is 5.32 Å². The largest absolute Gasteiger partial charge is 0.444 e. The van der Waals surface area contributed by atoms with Crippen LogP contribution >= 0.6 is 15.9 Å². The van der Waals surface area contributed by atoms with Crippen LogP contribution in [-0.2, 0) is 16.8 Å². The lowest BCUT2D eigenvalue weighted by Gasteiger charge is -2.15. The van der Waals surface area contributed by atoms with Gasteiger partial charge in [0.05, 0.1) is 17.7 Å².